The second-order valence-corrected chi connectivity index (χ2v) is 5.89. The first kappa shape index (κ1) is 13.6. The monoisotopic (exact) mass is 260 g/mol. The first-order valence-corrected chi connectivity index (χ1v) is 6.49. The van der Waals surface area contributed by atoms with Gasteiger partial charge < -0.3 is 5.32 Å². The van der Waals surface area contributed by atoms with Gasteiger partial charge in [-0.2, -0.15) is 0 Å². The number of hydrogen-bond acceptors (Lipinski definition) is 2. The van der Waals surface area contributed by atoms with Gasteiger partial charge in [-0.05, 0) is 11.6 Å². The lowest BCUT2D eigenvalue weighted by Crippen LogP contribution is -2.50. The van der Waals surface area contributed by atoms with Crippen LogP contribution in [0, 0.1) is 5.41 Å². The maximum Gasteiger partial charge on any atom is 0.243 e. The molecule has 4 nitrogen and oxygen atoms in total. The van der Waals surface area contributed by atoms with Gasteiger partial charge in [0.15, 0.2) is 0 Å². The summed E-state index contributed by atoms with van der Waals surface area (Å²) in [7, 11) is 1.60. The normalized spacial score (nSPS) is 18.1. The molecule has 0 saturated carbocycles. The molecule has 1 unspecified atom stereocenters. The number of para-hydroxylation sites is 1. The average Bonchev–Trinajstić information content (AvgIpc) is 2.74. The van der Waals surface area contributed by atoms with Crippen molar-refractivity contribution in [2.45, 2.75) is 33.2 Å². The minimum Gasteiger partial charge on any atom is -0.357 e. The van der Waals surface area contributed by atoms with Crippen LogP contribution in [0.4, 0.5) is 5.69 Å². The summed E-state index contributed by atoms with van der Waals surface area (Å²) in [5.74, 6) is -0.139. The number of carbonyl (C=O) groups excluding carboxylic acids is 2. The Kier molecular flexibility index (Phi) is 3.35. The van der Waals surface area contributed by atoms with Crippen LogP contribution in [-0.2, 0) is 16.0 Å². The van der Waals surface area contributed by atoms with E-state index in [-0.39, 0.29) is 11.8 Å². The van der Waals surface area contributed by atoms with Crippen LogP contribution < -0.4 is 10.2 Å². The average molecular weight is 260 g/mol. The second kappa shape index (κ2) is 4.68. The Morgan fingerprint density at radius 2 is 1.89 bits per heavy atom. The summed E-state index contributed by atoms with van der Waals surface area (Å²) in [4.78, 5) is 26.3. The van der Waals surface area contributed by atoms with Gasteiger partial charge in [-0.3, -0.25) is 14.5 Å². The Labute approximate surface area is 113 Å². The first-order valence-electron chi connectivity index (χ1n) is 6.49. The smallest absolute Gasteiger partial charge is 0.243 e. The van der Waals surface area contributed by atoms with Gasteiger partial charge in [0.05, 0.1) is 0 Å². The third-order valence-electron chi connectivity index (χ3n) is 3.39. The second-order valence-electron chi connectivity index (χ2n) is 5.89. The van der Waals surface area contributed by atoms with Crippen molar-refractivity contribution < 1.29 is 9.59 Å². The minimum absolute atomic E-state index is 0.0222. The number of carbonyl (C=O) groups is 2. The van der Waals surface area contributed by atoms with Crippen molar-refractivity contribution >= 4 is 17.5 Å². The number of benzene rings is 1. The molecule has 2 amide bonds. The summed E-state index contributed by atoms with van der Waals surface area (Å²) in [5, 5.41) is 2.65. The van der Waals surface area contributed by atoms with Gasteiger partial charge in [0.1, 0.15) is 6.04 Å². The molecular formula is C15H20N2O2. The van der Waals surface area contributed by atoms with Crippen LogP contribution in [0.3, 0.4) is 0 Å². The van der Waals surface area contributed by atoms with Gasteiger partial charge in [0, 0.05) is 24.6 Å². The van der Waals surface area contributed by atoms with E-state index in [0.717, 1.165) is 11.3 Å². The van der Waals surface area contributed by atoms with Gasteiger partial charge in [0.2, 0.25) is 11.8 Å². The van der Waals surface area contributed by atoms with E-state index in [4.69, 9.17) is 0 Å². The number of hydrogen-bond donors (Lipinski definition) is 1. The molecule has 0 saturated heterocycles. The maximum atomic E-state index is 12.6. The van der Waals surface area contributed by atoms with Gasteiger partial charge in [-0.15, -0.1) is 0 Å². The summed E-state index contributed by atoms with van der Waals surface area (Å²) >= 11 is 0. The fraction of sp³-hybridized carbons (Fsp3) is 0.467. The number of amides is 2. The molecule has 0 fully saturated rings. The molecule has 1 heterocycles. The number of rotatable bonds is 1. The van der Waals surface area contributed by atoms with E-state index in [2.05, 4.69) is 5.32 Å². The van der Waals surface area contributed by atoms with Crippen molar-refractivity contribution in [3.8, 4) is 0 Å². The van der Waals surface area contributed by atoms with Crippen LogP contribution in [-0.4, -0.2) is 24.9 Å². The largest absolute Gasteiger partial charge is 0.357 e. The fourth-order valence-corrected chi connectivity index (χ4v) is 2.37. The molecule has 0 radical (unpaired) electrons. The molecule has 4 heteroatoms. The van der Waals surface area contributed by atoms with Gasteiger partial charge in [-0.1, -0.05) is 39.0 Å². The molecule has 0 aromatic heterocycles. The van der Waals surface area contributed by atoms with Gasteiger partial charge >= 0.3 is 0 Å². The lowest BCUT2D eigenvalue weighted by molar-refractivity contribution is -0.129. The summed E-state index contributed by atoms with van der Waals surface area (Å²) in [5.41, 5.74) is 1.40. The fourth-order valence-electron chi connectivity index (χ4n) is 2.37. The standard InChI is InChI=1S/C15H20N2O2/c1-15(2,3)14(19)17-11-8-6-5-7-10(11)9-12(17)13(18)16-4/h5-8,12H,9H2,1-4H3,(H,16,18). The van der Waals surface area contributed by atoms with Gasteiger partial charge in [-0.25, -0.2) is 0 Å². The van der Waals surface area contributed by atoms with Crippen molar-refractivity contribution in [2.75, 3.05) is 11.9 Å². The molecular weight excluding hydrogens is 240 g/mol. The summed E-state index contributed by atoms with van der Waals surface area (Å²) in [6.07, 6.45) is 0.581. The van der Waals surface area contributed by atoms with E-state index in [0.29, 0.717) is 6.42 Å². The summed E-state index contributed by atoms with van der Waals surface area (Å²) in [6.45, 7) is 5.62. The third-order valence-corrected chi connectivity index (χ3v) is 3.39. The van der Waals surface area contributed by atoms with Crippen molar-refractivity contribution in [1.29, 1.82) is 0 Å². The molecule has 1 atom stereocenters. The molecule has 0 bridgehead atoms. The van der Waals surface area contributed by atoms with Crippen molar-refractivity contribution in [2.24, 2.45) is 5.41 Å². The van der Waals surface area contributed by atoms with E-state index in [1.807, 2.05) is 45.0 Å². The zero-order chi connectivity index (χ0) is 14.2. The zero-order valence-electron chi connectivity index (χ0n) is 11.9. The highest BCUT2D eigenvalue weighted by molar-refractivity contribution is 6.05. The molecule has 1 aliphatic heterocycles. The van der Waals surface area contributed by atoms with E-state index in [1.54, 1.807) is 11.9 Å². The molecule has 1 aliphatic rings. The highest BCUT2D eigenvalue weighted by atomic mass is 16.2. The van der Waals surface area contributed by atoms with E-state index >= 15 is 0 Å². The first-order chi connectivity index (χ1) is 8.86. The maximum absolute atomic E-state index is 12.6. The quantitative estimate of drug-likeness (QED) is 0.836. The highest BCUT2D eigenvalue weighted by Crippen LogP contribution is 2.35. The number of anilines is 1. The summed E-state index contributed by atoms with van der Waals surface area (Å²) < 4.78 is 0. The number of fused-ring (bicyclic) bond motifs is 1. The van der Waals surface area contributed by atoms with E-state index < -0.39 is 11.5 Å². The van der Waals surface area contributed by atoms with Crippen LogP contribution in [0.1, 0.15) is 26.3 Å². The molecule has 102 valence electrons. The summed E-state index contributed by atoms with van der Waals surface area (Å²) in [6, 6.07) is 7.27. The third kappa shape index (κ3) is 2.35. The Balaban J connectivity index is 2.45. The van der Waals surface area contributed by atoms with Crippen LogP contribution >= 0.6 is 0 Å². The Hall–Kier alpha value is -1.84. The lowest BCUT2D eigenvalue weighted by atomic mass is 9.94. The predicted molar refractivity (Wildman–Crippen MR) is 74.9 cm³/mol. The molecule has 1 aromatic rings. The SMILES string of the molecule is CNC(=O)C1Cc2ccccc2N1C(=O)C(C)(C)C. The van der Waals surface area contributed by atoms with Crippen LogP contribution in [0.25, 0.3) is 0 Å². The molecule has 1 N–H and O–H groups in total. The lowest BCUT2D eigenvalue weighted by Gasteiger charge is -2.30. The molecule has 0 spiro atoms. The number of likely N-dealkylation sites (N-methyl/N-ethyl adjacent to an activating group) is 1. The van der Waals surface area contributed by atoms with Crippen molar-refractivity contribution in [3.63, 3.8) is 0 Å². The van der Waals surface area contributed by atoms with Crippen LogP contribution in [0.2, 0.25) is 0 Å². The Bertz CT molecular complexity index is 517. The number of nitrogens with one attached hydrogen (secondary N) is 1. The topological polar surface area (TPSA) is 49.4 Å². The van der Waals surface area contributed by atoms with E-state index in [1.165, 1.54) is 0 Å². The van der Waals surface area contributed by atoms with E-state index in [9.17, 15) is 9.59 Å². The Morgan fingerprint density at radius 3 is 2.47 bits per heavy atom. The highest BCUT2D eigenvalue weighted by Gasteiger charge is 2.41. The predicted octanol–water partition coefficient (Wildman–Crippen LogP) is 1.74. The Morgan fingerprint density at radius 1 is 1.26 bits per heavy atom. The molecule has 0 aliphatic carbocycles. The molecule has 1 aromatic carbocycles. The zero-order valence-corrected chi connectivity index (χ0v) is 11.9. The van der Waals surface area contributed by atoms with Crippen molar-refractivity contribution in [1.82, 2.24) is 5.32 Å². The van der Waals surface area contributed by atoms with Gasteiger partial charge in [0.25, 0.3) is 0 Å². The van der Waals surface area contributed by atoms with Crippen LogP contribution in [0.15, 0.2) is 24.3 Å². The molecule has 19 heavy (non-hydrogen) atoms. The molecule has 2 rings (SSSR count). The van der Waals surface area contributed by atoms with Crippen molar-refractivity contribution in [3.05, 3.63) is 29.8 Å². The minimum atomic E-state index is -0.510. The van der Waals surface area contributed by atoms with Crippen LogP contribution in [0.5, 0.6) is 0 Å². The number of nitrogens with zero attached hydrogens (tertiary/aromatic N) is 1.